The molecule has 8 nitrogen and oxygen atoms in total. The van der Waals surface area contributed by atoms with Crippen LogP contribution in [0.1, 0.15) is 6.42 Å². The summed E-state index contributed by atoms with van der Waals surface area (Å²) in [6.07, 6.45) is 0.329. The highest BCUT2D eigenvalue weighted by Gasteiger charge is 2.30. The van der Waals surface area contributed by atoms with Crippen molar-refractivity contribution in [2.45, 2.75) is 6.42 Å². The third-order valence-corrected chi connectivity index (χ3v) is 2.98. The monoisotopic (exact) mass is 261 g/mol. The van der Waals surface area contributed by atoms with Crippen LogP contribution in [-0.2, 0) is 4.79 Å². The van der Waals surface area contributed by atoms with E-state index < -0.39 is 4.92 Å². The number of azide groups is 1. The van der Waals surface area contributed by atoms with E-state index in [1.807, 2.05) is 0 Å². The van der Waals surface area contributed by atoms with Crippen LogP contribution in [-0.4, -0.2) is 23.9 Å². The molecule has 1 aromatic rings. The number of hydrogen-bond donors (Lipinski definition) is 0. The molecule has 1 atom stereocenters. The first-order chi connectivity index (χ1) is 9.11. The molecule has 0 spiro atoms. The van der Waals surface area contributed by atoms with Gasteiger partial charge in [-0.2, -0.15) is 0 Å². The highest BCUT2D eigenvalue weighted by Crippen LogP contribution is 2.26. The normalized spacial score (nSPS) is 18.2. The van der Waals surface area contributed by atoms with E-state index in [0.29, 0.717) is 18.7 Å². The third kappa shape index (κ3) is 2.80. The minimum Gasteiger partial charge on any atom is -0.312 e. The molecule has 1 aliphatic rings. The number of nitro benzene ring substituents is 1. The van der Waals surface area contributed by atoms with Crippen LogP contribution in [0.4, 0.5) is 11.4 Å². The van der Waals surface area contributed by atoms with Gasteiger partial charge in [-0.1, -0.05) is 5.11 Å². The summed E-state index contributed by atoms with van der Waals surface area (Å²) in [7, 11) is 0. The van der Waals surface area contributed by atoms with Gasteiger partial charge < -0.3 is 4.90 Å². The SMILES string of the molecule is [N-]=[N+]=NCC1CC(=O)N(c2ccc([N+](=O)[O-])cc2)C1. The molecule has 8 heteroatoms. The van der Waals surface area contributed by atoms with Gasteiger partial charge in [-0.05, 0) is 23.6 Å². The topological polar surface area (TPSA) is 112 Å². The van der Waals surface area contributed by atoms with Crippen molar-refractivity contribution in [3.63, 3.8) is 0 Å². The Morgan fingerprint density at radius 3 is 2.74 bits per heavy atom. The summed E-state index contributed by atoms with van der Waals surface area (Å²) in [6.45, 7) is 0.751. The quantitative estimate of drug-likeness (QED) is 0.272. The lowest BCUT2D eigenvalue weighted by molar-refractivity contribution is -0.384. The third-order valence-electron chi connectivity index (χ3n) is 2.98. The van der Waals surface area contributed by atoms with Crippen LogP contribution >= 0.6 is 0 Å². The largest absolute Gasteiger partial charge is 0.312 e. The Labute approximate surface area is 108 Å². The number of anilines is 1. The number of carbonyl (C=O) groups excluding carboxylic acids is 1. The summed E-state index contributed by atoms with van der Waals surface area (Å²) >= 11 is 0. The van der Waals surface area contributed by atoms with Crippen molar-refractivity contribution < 1.29 is 9.72 Å². The van der Waals surface area contributed by atoms with Gasteiger partial charge in [0, 0.05) is 42.2 Å². The minimum atomic E-state index is -0.486. The molecule has 0 saturated carbocycles. The fourth-order valence-corrected chi connectivity index (χ4v) is 2.06. The molecule has 0 aliphatic carbocycles. The van der Waals surface area contributed by atoms with E-state index in [4.69, 9.17) is 5.53 Å². The van der Waals surface area contributed by atoms with Crippen molar-refractivity contribution in [1.29, 1.82) is 0 Å². The number of hydrogen-bond acceptors (Lipinski definition) is 4. The zero-order chi connectivity index (χ0) is 13.8. The van der Waals surface area contributed by atoms with Crippen molar-refractivity contribution in [3.8, 4) is 0 Å². The molecule has 1 aliphatic heterocycles. The number of nitrogens with zero attached hydrogens (tertiary/aromatic N) is 5. The standard InChI is InChI=1S/C11H11N5O3/c12-14-13-6-8-5-11(17)15(7-8)9-1-3-10(4-2-9)16(18)19/h1-4,8H,5-7H2. The Morgan fingerprint density at radius 2 is 2.16 bits per heavy atom. The highest BCUT2D eigenvalue weighted by molar-refractivity contribution is 5.95. The summed E-state index contributed by atoms with van der Waals surface area (Å²) < 4.78 is 0. The van der Waals surface area contributed by atoms with E-state index in [2.05, 4.69) is 10.0 Å². The zero-order valence-electron chi connectivity index (χ0n) is 9.97. The lowest BCUT2D eigenvalue weighted by Crippen LogP contribution is -2.24. The second-order valence-electron chi connectivity index (χ2n) is 4.26. The van der Waals surface area contributed by atoms with Crippen molar-refractivity contribution in [3.05, 3.63) is 44.8 Å². The second-order valence-corrected chi connectivity index (χ2v) is 4.26. The van der Waals surface area contributed by atoms with E-state index >= 15 is 0 Å². The number of amides is 1. The maximum atomic E-state index is 11.8. The van der Waals surface area contributed by atoms with Crippen LogP contribution in [0.15, 0.2) is 29.4 Å². The molecule has 1 unspecified atom stereocenters. The van der Waals surface area contributed by atoms with Crippen molar-refractivity contribution in [2.75, 3.05) is 18.0 Å². The van der Waals surface area contributed by atoms with E-state index in [9.17, 15) is 14.9 Å². The number of carbonyl (C=O) groups is 1. The van der Waals surface area contributed by atoms with E-state index in [0.717, 1.165) is 0 Å². The van der Waals surface area contributed by atoms with Crippen LogP contribution in [0, 0.1) is 16.0 Å². The molecule has 1 heterocycles. The lowest BCUT2D eigenvalue weighted by atomic mass is 10.1. The molecular formula is C11H11N5O3. The Balaban J connectivity index is 2.11. The lowest BCUT2D eigenvalue weighted by Gasteiger charge is -2.16. The first kappa shape index (κ1) is 12.8. The Hall–Kier alpha value is -2.60. The molecule has 0 bridgehead atoms. The zero-order valence-corrected chi connectivity index (χ0v) is 9.97. The summed E-state index contributed by atoms with van der Waals surface area (Å²) in [4.78, 5) is 26.1. The van der Waals surface area contributed by atoms with Crippen molar-refractivity contribution in [1.82, 2.24) is 0 Å². The molecule has 1 aromatic carbocycles. The van der Waals surface area contributed by atoms with Crippen molar-refractivity contribution >= 4 is 17.3 Å². The van der Waals surface area contributed by atoms with E-state index in [1.165, 1.54) is 12.1 Å². The molecule has 1 amide bonds. The van der Waals surface area contributed by atoms with Gasteiger partial charge in [0.15, 0.2) is 0 Å². The van der Waals surface area contributed by atoms with Crippen LogP contribution < -0.4 is 4.90 Å². The average molecular weight is 261 g/mol. The van der Waals surface area contributed by atoms with Gasteiger partial charge in [-0.25, -0.2) is 0 Å². The van der Waals surface area contributed by atoms with Crippen LogP contribution in [0.2, 0.25) is 0 Å². The maximum Gasteiger partial charge on any atom is 0.269 e. The van der Waals surface area contributed by atoms with Gasteiger partial charge >= 0.3 is 0 Å². The summed E-state index contributed by atoms with van der Waals surface area (Å²) in [5.41, 5.74) is 8.87. The van der Waals surface area contributed by atoms with Gasteiger partial charge in [0.2, 0.25) is 5.91 Å². The van der Waals surface area contributed by atoms with Crippen LogP contribution in [0.5, 0.6) is 0 Å². The summed E-state index contributed by atoms with van der Waals surface area (Å²) in [5.74, 6) is -0.0643. The smallest absolute Gasteiger partial charge is 0.269 e. The molecule has 0 N–H and O–H groups in total. The molecule has 19 heavy (non-hydrogen) atoms. The van der Waals surface area contributed by atoms with Gasteiger partial charge in [-0.15, -0.1) is 0 Å². The molecule has 0 radical (unpaired) electrons. The second kappa shape index (κ2) is 5.36. The van der Waals surface area contributed by atoms with Gasteiger partial charge in [0.1, 0.15) is 0 Å². The van der Waals surface area contributed by atoms with E-state index in [-0.39, 0.29) is 24.1 Å². The molecule has 98 valence electrons. The molecule has 1 saturated heterocycles. The summed E-state index contributed by atoms with van der Waals surface area (Å²) in [6, 6.07) is 5.82. The maximum absolute atomic E-state index is 11.8. The molecule has 1 fully saturated rings. The average Bonchev–Trinajstić information content (AvgIpc) is 2.77. The molecule has 2 rings (SSSR count). The minimum absolute atomic E-state index is 0.00130. The number of rotatable bonds is 4. The molecular weight excluding hydrogens is 250 g/mol. The highest BCUT2D eigenvalue weighted by atomic mass is 16.6. The Morgan fingerprint density at radius 1 is 1.47 bits per heavy atom. The first-order valence-corrected chi connectivity index (χ1v) is 5.67. The van der Waals surface area contributed by atoms with Crippen molar-refractivity contribution in [2.24, 2.45) is 11.0 Å². The fourth-order valence-electron chi connectivity index (χ4n) is 2.06. The Kier molecular flexibility index (Phi) is 3.63. The number of benzene rings is 1. The fraction of sp³-hybridized carbons (Fsp3) is 0.364. The predicted molar refractivity (Wildman–Crippen MR) is 67.6 cm³/mol. The Bertz CT molecular complexity index is 550. The first-order valence-electron chi connectivity index (χ1n) is 5.67. The summed E-state index contributed by atoms with van der Waals surface area (Å²) in [5, 5.41) is 14.0. The predicted octanol–water partition coefficient (Wildman–Crippen LogP) is 2.26. The number of non-ortho nitro benzene ring substituents is 1. The van der Waals surface area contributed by atoms with E-state index in [1.54, 1.807) is 17.0 Å². The van der Waals surface area contributed by atoms with Gasteiger partial charge in [-0.3, -0.25) is 14.9 Å². The van der Waals surface area contributed by atoms with Gasteiger partial charge in [0.25, 0.3) is 5.69 Å². The van der Waals surface area contributed by atoms with Crippen LogP contribution in [0.3, 0.4) is 0 Å². The van der Waals surface area contributed by atoms with Gasteiger partial charge in [0.05, 0.1) is 4.92 Å². The number of nitro groups is 1. The molecule has 0 aromatic heterocycles. The van der Waals surface area contributed by atoms with Crippen LogP contribution in [0.25, 0.3) is 10.4 Å².